The van der Waals surface area contributed by atoms with Crippen LogP contribution in [0.4, 0.5) is 5.00 Å². The van der Waals surface area contributed by atoms with Gasteiger partial charge in [-0.2, -0.15) is 0 Å². The van der Waals surface area contributed by atoms with Crippen molar-refractivity contribution >= 4 is 39.2 Å². The van der Waals surface area contributed by atoms with Gasteiger partial charge >= 0.3 is 5.97 Å². The normalized spacial score (nSPS) is 10.8. The zero-order valence-electron chi connectivity index (χ0n) is 15.3. The molecule has 0 radical (unpaired) electrons. The third kappa shape index (κ3) is 3.18. The molecule has 4 rings (SSSR count). The number of esters is 1. The summed E-state index contributed by atoms with van der Waals surface area (Å²) in [6, 6.07) is 18.9. The molecule has 0 aliphatic rings. The first-order valence-electron chi connectivity index (χ1n) is 8.65. The Morgan fingerprint density at radius 1 is 1.04 bits per heavy atom. The van der Waals surface area contributed by atoms with Crippen LogP contribution in [0.25, 0.3) is 21.4 Å². The molecule has 5 nitrogen and oxygen atoms in total. The van der Waals surface area contributed by atoms with Crippen molar-refractivity contribution in [3.8, 4) is 10.4 Å². The summed E-state index contributed by atoms with van der Waals surface area (Å²) < 4.78 is 10.6. The zero-order chi connectivity index (χ0) is 19.7. The highest BCUT2D eigenvalue weighted by molar-refractivity contribution is 7.20. The number of carbonyl (C=O) groups is 2. The van der Waals surface area contributed by atoms with Gasteiger partial charge in [0.15, 0.2) is 5.76 Å². The van der Waals surface area contributed by atoms with Crippen molar-refractivity contribution < 1.29 is 18.7 Å². The van der Waals surface area contributed by atoms with Crippen LogP contribution in [-0.4, -0.2) is 19.0 Å². The van der Waals surface area contributed by atoms with Gasteiger partial charge in [-0.1, -0.05) is 48.5 Å². The molecule has 0 aliphatic heterocycles. The second-order valence-electron chi connectivity index (χ2n) is 6.22. The van der Waals surface area contributed by atoms with Crippen LogP contribution in [0.1, 0.15) is 26.5 Å². The van der Waals surface area contributed by atoms with Crippen LogP contribution in [-0.2, 0) is 4.74 Å². The number of nitrogens with one attached hydrogen (secondary N) is 1. The summed E-state index contributed by atoms with van der Waals surface area (Å²) in [6.07, 6.45) is 0. The minimum atomic E-state index is -0.505. The fourth-order valence-electron chi connectivity index (χ4n) is 3.04. The van der Waals surface area contributed by atoms with Crippen LogP contribution in [0.15, 0.2) is 65.1 Å². The quantitative estimate of drug-likeness (QED) is 0.466. The van der Waals surface area contributed by atoms with Crippen LogP contribution in [0.2, 0.25) is 0 Å². The number of carbonyl (C=O) groups excluding carboxylic acids is 2. The number of amides is 1. The second-order valence-corrected chi connectivity index (χ2v) is 7.27. The van der Waals surface area contributed by atoms with E-state index in [9.17, 15) is 9.59 Å². The van der Waals surface area contributed by atoms with E-state index >= 15 is 0 Å². The third-order valence-corrected chi connectivity index (χ3v) is 5.57. The van der Waals surface area contributed by atoms with Crippen molar-refractivity contribution in [2.24, 2.45) is 0 Å². The van der Waals surface area contributed by atoms with E-state index in [1.54, 1.807) is 6.07 Å². The average molecular weight is 391 g/mol. The van der Waals surface area contributed by atoms with Crippen molar-refractivity contribution in [1.82, 2.24) is 0 Å². The van der Waals surface area contributed by atoms with Gasteiger partial charge in [-0.25, -0.2) is 4.79 Å². The number of hydrogen-bond acceptors (Lipinski definition) is 5. The number of anilines is 1. The molecule has 1 amide bonds. The van der Waals surface area contributed by atoms with Crippen molar-refractivity contribution in [1.29, 1.82) is 0 Å². The monoisotopic (exact) mass is 391 g/mol. The largest absolute Gasteiger partial charge is 0.465 e. The number of furan rings is 1. The Bertz CT molecular complexity index is 1170. The molecule has 0 saturated carbocycles. The van der Waals surface area contributed by atoms with Gasteiger partial charge in [0.2, 0.25) is 0 Å². The molecule has 0 aliphatic carbocycles. The number of para-hydroxylation sites is 1. The Labute approximate surface area is 165 Å². The Kier molecular flexibility index (Phi) is 4.71. The van der Waals surface area contributed by atoms with Crippen molar-refractivity contribution in [3.05, 3.63) is 77.6 Å². The first kappa shape index (κ1) is 18.0. The first-order chi connectivity index (χ1) is 13.6. The van der Waals surface area contributed by atoms with Crippen LogP contribution in [0.5, 0.6) is 0 Å². The molecule has 0 fully saturated rings. The summed E-state index contributed by atoms with van der Waals surface area (Å²) in [7, 11) is 1.32. The van der Waals surface area contributed by atoms with Crippen LogP contribution < -0.4 is 5.32 Å². The number of aryl methyl sites for hydroxylation is 1. The standard InChI is InChI=1S/C22H17NO4S/c1-13-15-10-6-7-11-17(15)27-19(13)20(24)23-21-16(22(25)26-2)12-18(28-21)14-8-4-3-5-9-14/h3-12H,1-2H3,(H,23,24). The number of ether oxygens (including phenoxy) is 1. The van der Waals surface area contributed by atoms with E-state index in [0.29, 0.717) is 16.1 Å². The van der Waals surface area contributed by atoms with Gasteiger partial charge in [0.1, 0.15) is 10.6 Å². The predicted molar refractivity (Wildman–Crippen MR) is 110 cm³/mol. The lowest BCUT2D eigenvalue weighted by molar-refractivity contribution is 0.0602. The maximum atomic E-state index is 12.9. The van der Waals surface area contributed by atoms with E-state index in [1.807, 2.05) is 61.5 Å². The summed E-state index contributed by atoms with van der Waals surface area (Å²) in [6.45, 7) is 1.84. The molecule has 2 aromatic heterocycles. The molecule has 0 spiro atoms. The first-order valence-corrected chi connectivity index (χ1v) is 9.47. The molecule has 28 heavy (non-hydrogen) atoms. The lowest BCUT2D eigenvalue weighted by Gasteiger charge is -2.04. The van der Waals surface area contributed by atoms with Crippen LogP contribution in [0.3, 0.4) is 0 Å². The van der Waals surface area contributed by atoms with E-state index in [4.69, 9.17) is 9.15 Å². The van der Waals surface area contributed by atoms with Gasteiger partial charge in [0.05, 0.1) is 12.7 Å². The zero-order valence-corrected chi connectivity index (χ0v) is 16.1. The molecule has 1 N–H and O–H groups in total. The SMILES string of the molecule is COC(=O)c1cc(-c2ccccc2)sc1NC(=O)c1oc2ccccc2c1C. The van der Waals surface area contributed by atoms with Crippen molar-refractivity contribution in [3.63, 3.8) is 0 Å². The molecule has 4 aromatic rings. The third-order valence-electron chi connectivity index (χ3n) is 4.47. The highest BCUT2D eigenvalue weighted by Gasteiger charge is 2.23. The molecule has 2 heterocycles. The van der Waals surface area contributed by atoms with Gasteiger partial charge in [0, 0.05) is 15.8 Å². The average Bonchev–Trinajstić information content (AvgIpc) is 3.30. The lowest BCUT2D eigenvalue weighted by Crippen LogP contribution is -2.14. The van der Waals surface area contributed by atoms with Gasteiger partial charge in [0.25, 0.3) is 5.91 Å². The predicted octanol–water partition coefficient (Wildman–Crippen LogP) is 5.51. The smallest absolute Gasteiger partial charge is 0.340 e. The number of rotatable bonds is 4. The van der Waals surface area contributed by atoms with Crippen LogP contribution >= 0.6 is 11.3 Å². The number of benzene rings is 2. The minimum Gasteiger partial charge on any atom is -0.465 e. The molecule has 0 saturated heterocycles. The Balaban J connectivity index is 1.71. The Hall–Kier alpha value is -3.38. The van der Waals surface area contributed by atoms with Crippen molar-refractivity contribution in [2.75, 3.05) is 12.4 Å². The molecule has 0 unspecified atom stereocenters. The highest BCUT2D eigenvalue weighted by atomic mass is 32.1. The highest BCUT2D eigenvalue weighted by Crippen LogP contribution is 2.36. The van der Waals surface area contributed by atoms with E-state index in [-0.39, 0.29) is 5.76 Å². The molecule has 6 heteroatoms. The van der Waals surface area contributed by atoms with Gasteiger partial charge in [-0.3, -0.25) is 4.79 Å². The van der Waals surface area contributed by atoms with E-state index in [1.165, 1.54) is 18.4 Å². The lowest BCUT2D eigenvalue weighted by atomic mass is 10.1. The molecular weight excluding hydrogens is 374 g/mol. The Morgan fingerprint density at radius 3 is 2.46 bits per heavy atom. The van der Waals surface area contributed by atoms with E-state index in [0.717, 1.165) is 21.4 Å². The summed E-state index contributed by atoms with van der Waals surface area (Å²) in [5.74, 6) is -0.679. The molecule has 0 atom stereocenters. The van der Waals surface area contributed by atoms with Gasteiger partial charge in [-0.05, 0) is 24.6 Å². The molecule has 0 bridgehead atoms. The van der Waals surface area contributed by atoms with Gasteiger partial charge < -0.3 is 14.5 Å². The van der Waals surface area contributed by atoms with Gasteiger partial charge in [-0.15, -0.1) is 11.3 Å². The second kappa shape index (κ2) is 7.32. The minimum absolute atomic E-state index is 0.228. The summed E-state index contributed by atoms with van der Waals surface area (Å²) in [4.78, 5) is 25.9. The van der Waals surface area contributed by atoms with E-state index in [2.05, 4.69) is 5.32 Å². The molecule has 2 aromatic carbocycles. The number of methoxy groups -OCH3 is 1. The van der Waals surface area contributed by atoms with Crippen molar-refractivity contribution in [2.45, 2.75) is 6.92 Å². The fraction of sp³-hybridized carbons (Fsp3) is 0.0909. The van der Waals surface area contributed by atoms with E-state index < -0.39 is 11.9 Å². The maximum Gasteiger partial charge on any atom is 0.340 e. The fourth-order valence-corrected chi connectivity index (χ4v) is 4.09. The number of fused-ring (bicyclic) bond motifs is 1. The molecule has 140 valence electrons. The molecular formula is C22H17NO4S. The maximum absolute atomic E-state index is 12.9. The number of hydrogen-bond donors (Lipinski definition) is 1. The summed E-state index contributed by atoms with van der Waals surface area (Å²) in [5, 5.41) is 4.13. The topological polar surface area (TPSA) is 68.5 Å². The number of thiophene rings is 1. The Morgan fingerprint density at radius 2 is 1.75 bits per heavy atom. The summed E-state index contributed by atoms with van der Waals surface area (Å²) >= 11 is 1.32. The summed E-state index contributed by atoms with van der Waals surface area (Å²) in [5.41, 5.74) is 2.67. The van der Waals surface area contributed by atoms with Crippen LogP contribution in [0, 0.1) is 6.92 Å².